The van der Waals surface area contributed by atoms with Crippen molar-refractivity contribution in [2.24, 2.45) is 0 Å². The Balaban J connectivity index is 1.58. The molecule has 4 nitrogen and oxygen atoms in total. The molecule has 0 fully saturated rings. The number of amides is 1. The third-order valence-corrected chi connectivity index (χ3v) is 3.31. The van der Waals surface area contributed by atoms with Gasteiger partial charge in [-0.3, -0.25) is 9.48 Å². The van der Waals surface area contributed by atoms with Gasteiger partial charge in [0, 0.05) is 6.20 Å². The molecule has 2 aromatic carbocycles. The zero-order valence-electron chi connectivity index (χ0n) is 12.1. The van der Waals surface area contributed by atoms with Crippen molar-refractivity contribution >= 4 is 11.6 Å². The number of carbonyl (C=O) groups is 1. The molecule has 0 aliphatic heterocycles. The summed E-state index contributed by atoms with van der Waals surface area (Å²) in [5.41, 5.74) is 2.89. The molecule has 0 aliphatic carbocycles. The van der Waals surface area contributed by atoms with E-state index >= 15 is 0 Å². The number of hydrogen-bond acceptors (Lipinski definition) is 2. The van der Waals surface area contributed by atoms with Crippen molar-refractivity contribution in [1.29, 1.82) is 0 Å². The highest BCUT2D eigenvalue weighted by Crippen LogP contribution is 2.09. The fourth-order valence-electron chi connectivity index (χ4n) is 2.27. The number of rotatable bonds is 5. The summed E-state index contributed by atoms with van der Waals surface area (Å²) in [6.07, 6.45) is 3.88. The van der Waals surface area contributed by atoms with E-state index in [9.17, 15) is 4.79 Å². The average Bonchev–Trinajstić information content (AvgIpc) is 2.96. The number of benzene rings is 2. The zero-order chi connectivity index (χ0) is 15.2. The number of hydrogen-bond donors (Lipinski definition) is 1. The van der Waals surface area contributed by atoms with Crippen LogP contribution < -0.4 is 5.32 Å². The maximum absolute atomic E-state index is 12.0. The van der Waals surface area contributed by atoms with Crippen LogP contribution in [-0.4, -0.2) is 15.7 Å². The number of nitrogens with zero attached hydrogens (tertiary/aromatic N) is 2. The molecule has 3 aromatic rings. The Hall–Kier alpha value is -2.88. The summed E-state index contributed by atoms with van der Waals surface area (Å²) in [6, 6.07) is 19.8. The molecule has 0 spiro atoms. The highest BCUT2D eigenvalue weighted by atomic mass is 16.1. The second-order valence-corrected chi connectivity index (χ2v) is 5.12. The summed E-state index contributed by atoms with van der Waals surface area (Å²) in [5.74, 6) is -0.0366. The van der Waals surface area contributed by atoms with Crippen LogP contribution in [0.3, 0.4) is 0 Å². The van der Waals surface area contributed by atoms with Crippen molar-refractivity contribution in [1.82, 2.24) is 9.78 Å². The van der Waals surface area contributed by atoms with E-state index in [0.29, 0.717) is 13.0 Å². The second-order valence-electron chi connectivity index (χ2n) is 5.12. The molecule has 1 amide bonds. The molecule has 22 heavy (non-hydrogen) atoms. The minimum Gasteiger partial charge on any atom is -0.323 e. The molecule has 110 valence electrons. The van der Waals surface area contributed by atoms with Crippen LogP contribution in [0.25, 0.3) is 0 Å². The van der Waals surface area contributed by atoms with Gasteiger partial charge in [0.25, 0.3) is 0 Å². The van der Waals surface area contributed by atoms with Gasteiger partial charge in [-0.05, 0) is 11.1 Å². The maximum atomic E-state index is 12.0. The van der Waals surface area contributed by atoms with E-state index in [4.69, 9.17) is 0 Å². The largest absolute Gasteiger partial charge is 0.323 e. The van der Waals surface area contributed by atoms with E-state index < -0.39 is 0 Å². The van der Waals surface area contributed by atoms with Crippen molar-refractivity contribution in [3.05, 3.63) is 84.2 Å². The van der Waals surface area contributed by atoms with Crippen LogP contribution in [-0.2, 0) is 17.8 Å². The first-order valence-electron chi connectivity index (χ1n) is 7.20. The predicted molar refractivity (Wildman–Crippen MR) is 86.5 cm³/mol. The third-order valence-electron chi connectivity index (χ3n) is 3.31. The van der Waals surface area contributed by atoms with Crippen LogP contribution in [0.15, 0.2) is 73.1 Å². The Morgan fingerprint density at radius 1 is 0.955 bits per heavy atom. The van der Waals surface area contributed by atoms with Crippen LogP contribution in [0.5, 0.6) is 0 Å². The molecule has 0 saturated heterocycles. The summed E-state index contributed by atoms with van der Waals surface area (Å²) >= 11 is 0. The number of carbonyl (C=O) groups excluding carboxylic acids is 1. The van der Waals surface area contributed by atoms with Gasteiger partial charge in [-0.1, -0.05) is 60.7 Å². The molecule has 0 unspecified atom stereocenters. The Bertz CT molecular complexity index is 735. The second kappa shape index (κ2) is 6.72. The van der Waals surface area contributed by atoms with Gasteiger partial charge in [0.15, 0.2) is 0 Å². The van der Waals surface area contributed by atoms with Crippen molar-refractivity contribution < 1.29 is 4.79 Å². The molecule has 0 aliphatic rings. The lowest BCUT2D eigenvalue weighted by atomic mass is 10.1. The van der Waals surface area contributed by atoms with Crippen molar-refractivity contribution in [2.45, 2.75) is 13.0 Å². The summed E-state index contributed by atoms with van der Waals surface area (Å²) < 4.78 is 1.81. The monoisotopic (exact) mass is 291 g/mol. The average molecular weight is 291 g/mol. The number of nitrogens with one attached hydrogen (secondary N) is 1. The van der Waals surface area contributed by atoms with Crippen LogP contribution in [0, 0.1) is 0 Å². The van der Waals surface area contributed by atoms with Crippen LogP contribution in [0.4, 0.5) is 5.69 Å². The van der Waals surface area contributed by atoms with Gasteiger partial charge in [0.1, 0.15) is 0 Å². The van der Waals surface area contributed by atoms with Crippen molar-refractivity contribution in [3.8, 4) is 0 Å². The van der Waals surface area contributed by atoms with Gasteiger partial charge in [-0.15, -0.1) is 0 Å². The standard InChI is InChI=1S/C18H17N3O/c22-18(11-15-7-3-1-4-8-15)20-17-12-19-21(14-17)13-16-9-5-2-6-10-16/h1-10,12,14H,11,13H2,(H,20,22). The molecule has 3 rings (SSSR count). The smallest absolute Gasteiger partial charge is 0.228 e. The maximum Gasteiger partial charge on any atom is 0.228 e. The molecule has 1 heterocycles. The summed E-state index contributed by atoms with van der Waals surface area (Å²) in [5, 5.41) is 7.15. The molecule has 0 bridgehead atoms. The van der Waals surface area contributed by atoms with Crippen LogP contribution in [0.1, 0.15) is 11.1 Å². The molecule has 1 aromatic heterocycles. The van der Waals surface area contributed by atoms with Gasteiger partial charge in [-0.25, -0.2) is 0 Å². The lowest BCUT2D eigenvalue weighted by Crippen LogP contribution is -2.13. The van der Waals surface area contributed by atoms with E-state index in [1.54, 1.807) is 6.20 Å². The topological polar surface area (TPSA) is 46.9 Å². The van der Waals surface area contributed by atoms with Crippen LogP contribution in [0.2, 0.25) is 0 Å². The SMILES string of the molecule is O=C(Cc1ccccc1)Nc1cnn(Cc2ccccc2)c1. The molecular weight excluding hydrogens is 274 g/mol. The number of aromatic nitrogens is 2. The predicted octanol–water partition coefficient (Wildman–Crippen LogP) is 3.11. The van der Waals surface area contributed by atoms with Crippen LogP contribution >= 0.6 is 0 Å². The normalized spacial score (nSPS) is 10.4. The molecule has 4 heteroatoms. The fraction of sp³-hybridized carbons (Fsp3) is 0.111. The first-order chi connectivity index (χ1) is 10.8. The lowest BCUT2D eigenvalue weighted by Gasteiger charge is -2.03. The Morgan fingerprint density at radius 2 is 1.59 bits per heavy atom. The van der Waals surface area contributed by atoms with Crippen molar-refractivity contribution in [3.63, 3.8) is 0 Å². The summed E-state index contributed by atoms with van der Waals surface area (Å²) in [7, 11) is 0. The fourth-order valence-corrected chi connectivity index (χ4v) is 2.27. The van der Waals surface area contributed by atoms with Gasteiger partial charge < -0.3 is 5.32 Å². The third kappa shape index (κ3) is 3.82. The Labute approximate surface area is 129 Å². The highest BCUT2D eigenvalue weighted by molar-refractivity contribution is 5.91. The Morgan fingerprint density at radius 3 is 2.27 bits per heavy atom. The number of anilines is 1. The van der Waals surface area contributed by atoms with Crippen molar-refractivity contribution in [2.75, 3.05) is 5.32 Å². The van der Waals surface area contributed by atoms with E-state index in [1.165, 1.54) is 5.56 Å². The quantitative estimate of drug-likeness (QED) is 0.785. The van der Waals surface area contributed by atoms with E-state index in [2.05, 4.69) is 22.5 Å². The zero-order valence-corrected chi connectivity index (χ0v) is 12.1. The van der Waals surface area contributed by atoms with E-state index in [-0.39, 0.29) is 5.91 Å². The van der Waals surface area contributed by atoms with Gasteiger partial charge in [0.2, 0.25) is 5.91 Å². The summed E-state index contributed by atoms with van der Waals surface area (Å²) in [6.45, 7) is 0.690. The molecule has 0 atom stereocenters. The first kappa shape index (κ1) is 14.1. The lowest BCUT2D eigenvalue weighted by molar-refractivity contribution is -0.115. The minimum absolute atomic E-state index is 0.0366. The molecule has 0 radical (unpaired) electrons. The molecular formula is C18H17N3O. The summed E-state index contributed by atoms with van der Waals surface area (Å²) in [4.78, 5) is 12.0. The Kier molecular flexibility index (Phi) is 4.30. The molecule has 0 saturated carbocycles. The molecule has 1 N–H and O–H groups in total. The van der Waals surface area contributed by atoms with Gasteiger partial charge >= 0.3 is 0 Å². The minimum atomic E-state index is -0.0366. The van der Waals surface area contributed by atoms with E-state index in [1.807, 2.05) is 59.4 Å². The van der Waals surface area contributed by atoms with Gasteiger partial charge in [-0.2, -0.15) is 5.10 Å². The first-order valence-corrected chi connectivity index (χ1v) is 7.20. The highest BCUT2D eigenvalue weighted by Gasteiger charge is 2.06. The van der Waals surface area contributed by atoms with Gasteiger partial charge in [0.05, 0.1) is 24.8 Å². The van der Waals surface area contributed by atoms with E-state index in [0.717, 1.165) is 11.3 Å².